The first-order valence-corrected chi connectivity index (χ1v) is 11.8. The summed E-state index contributed by atoms with van der Waals surface area (Å²) in [6.45, 7) is 2.26. The second kappa shape index (κ2) is 7.90. The number of hydrogen-bond acceptors (Lipinski definition) is 4. The minimum atomic E-state index is -0.525. The number of benzene rings is 3. The maximum absolute atomic E-state index is 13.3. The highest BCUT2D eigenvalue weighted by Gasteiger charge is 2.51. The molecule has 34 heavy (non-hydrogen) atoms. The summed E-state index contributed by atoms with van der Waals surface area (Å²) in [4.78, 5) is 25.6. The second-order valence-corrected chi connectivity index (χ2v) is 9.46. The highest BCUT2D eigenvalue weighted by Crippen LogP contribution is 2.51. The summed E-state index contributed by atoms with van der Waals surface area (Å²) in [6, 6.07) is 19.7. The molecule has 0 aromatic heterocycles. The summed E-state index contributed by atoms with van der Waals surface area (Å²) in [6.07, 6.45) is 3.75. The Morgan fingerprint density at radius 2 is 1.71 bits per heavy atom. The summed E-state index contributed by atoms with van der Waals surface area (Å²) in [5, 5.41) is 6.15. The van der Waals surface area contributed by atoms with Crippen LogP contribution in [-0.4, -0.2) is 24.6 Å². The van der Waals surface area contributed by atoms with Gasteiger partial charge in [-0.25, -0.2) is 0 Å². The van der Waals surface area contributed by atoms with E-state index in [-0.39, 0.29) is 21.5 Å². The molecule has 1 heterocycles. The lowest BCUT2D eigenvalue weighted by molar-refractivity contribution is -0.118. The molecule has 0 saturated heterocycles. The largest absolute Gasteiger partial charge is 0.454 e. The number of rotatable bonds is 6. The van der Waals surface area contributed by atoms with Crippen LogP contribution in [0.1, 0.15) is 50.0 Å². The molecule has 2 N–H and O–H groups in total. The van der Waals surface area contributed by atoms with Gasteiger partial charge in [0.25, 0.3) is 5.91 Å². The van der Waals surface area contributed by atoms with E-state index in [4.69, 9.17) is 9.47 Å². The number of ether oxygens (including phenoxy) is 2. The van der Waals surface area contributed by atoms with E-state index in [9.17, 15) is 9.59 Å². The first-order chi connectivity index (χ1) is 16.5. The molecule has 3 aromatic carbocycles. The molecule has 176 valence electrons. The van der Waals surface area contributed by atoms with Gasteiger partial charge in [0.15, 0.2) is 11.5 Å². The van der Waals surface area contributed by atoms with Crippen LogP contribution in [0.4, 0.5) is 5.69 Å². The molecular weight excluding hydrogens is 428 g/mol. The number of carbonyl (C=O) groups is 2. The number of aryl methyl sites for hydroxylation is 1. The number of amides is 2. The Balaban J connectivity index is 0.00000152. The highest BCUT2D eigenvalue weighted by atomic mass is 16.7. The van der Waals surface area contributed by atoms with Gasteiger partial charge in [0.05, 0.1) is 5.41 Å². The number of fused-ring (bicyclic) bond motifs is 1. The van der Waals surface area contributed by atoms with Gasteiger partial charge in [-0.15, -0.1) is 0 Å². The smallest absolute Gasteiger partial charge is 0.251 e. The average molecular weight is 459 g/mol. The fourth-order valence-corrected chi connectivity index (χ4v) is 4.53. The van der Waals surface area contributed by atoms with Gasteiger partial charge in [-0.2, -0.15) is 0 Å². The van der Waals surface area contributed by atoms with E-state index in [1.54, 1.807) is 0 Å². The molecule has 3 aromatic rings. The summed E-state index contributed by atoms with van der Waals surface area (Å²) in [5.74, 6) is 1.39. The Hall–Kier alpha value is -3.80. The zero-order valence-electron chi connectivity index (χ0n) is 19.0. The third-order valence-electron chi connectivity index (χ3n) is 6.98. The van der Waals surface area contributed by atoms with Gasteiger partial charge < -0.3 is 20.1 Å². The Labute approximate surface area is 201 Å². The van der Waals surface area contributed by atoms with Gasteiger partial charge in [-0.3, -0.25) is 9.59 Å². The van der Waals surface area contributed by atoms with E-state index >= 15 is 0 Å². The van der Waals surface area contributed by atoms with E-state index < -0.39 is 5.41 Å². The molecule has 1 aliphatic heterocycles. The predicted molar refractivity (Wildman–Crippen MR) is 133 cm³/mol. The Morgan fingerprint density at radius 1 is 0.941 bits per heavy atom. The SMILES string of the molecule is Cc1ccc(NC(=O)C2(c3ccc4c(c3)OCO4)CC2)cc1-c1ccc(C(=O)NC2CC2)cc1.[HH].[HH]. The van der Waals surface area contributed by atoms with Crippen LogP contribution in [0.2, 0.25) is 0 Å². The molecule has 2 fully saturated rings. The van der Waals surface area contributed by atoms with Crippen LogP contribution in [0.3, 0.4) is 0 Å². The molecule has 0 spiro atoms. The van der Waals surface area contributed by atoms with Crippen LogP contribution in [0, 0.1) is 6.92 Å². The van der Waals surface area contributed by atoms with Crippen molar-refractivity contribution in [2.45, 2.75) is 44.1 Å². The molecule has 0 atom stereocenters. The maximum Gasteiger partial charge on any atom is 0.251 e. The molecule has 6 nitrogen and oxygen atoms in total. The molecule has 3 aliphatic rings. The molecular formula is C28H30N2O4. The van der Waals surface area contributed by atoms with Crippen molar-refractivity contribution in [2.75, 3.05) is 12.1 Å². The van der Waals surface area contributed by atoms with Gasteiger partial charge in [-0.05, 0) is 91.3 Å². The first kappa shape index (κ1) is 20.8. The van der Waals surface area contributed by atoms with Crippen LogP contribution in [-0.2, 0) is 10.2 Å². The van der Waals surface area contributed by atoms with Crippen molar-refractivity contribution in [3.63, 3.8) is 0 Å². The molecule has 0 radical (unpaired) electrons. The molecule has 6 heteroatoms. The van der Waals surface area contributed by atoms with Gasteiger partial charge in [0.1, 0.15) is 0 Å². The van der Waals surface area contributed by atoms with E-state index in [0.29, 0.717) is 17.4 Å². The first-order valence-electron chi connectivity index (χ1n) is 11.8. The second-order valence-electron chi connectivity index (χ2n) is 9.46. The Kier molecular flexibility index (Phi) is 4.83. The van der Waals surface area contributed by atoms with Crippen molar-refractivity contribution < 1.29 is 21.9 Å². The summed E-state index contributed by atoms with van der Waals surface area (Å²) >= 11 is 0. The summed E-state index contributed by atoms with van der Waals surface area (Å²) in [5.41, 5.74) is 4.99. The molecule has 6 rings (SSSR count). The average Bonchev–Trinajstić information content (AvgIpc) is 3.78. The van der Waals surface area contributed by atoms with Gasteiger partial charge >= 0.3 is 0 Å². The van der Waals surface area contributed by atoms with Gasteiger partial charge in [0, 0.05) is 20.1 Å². The highest BCUT2D eigenvalue weighted by molar-refractivity contribution is 6.02. The lowest BCUT2D eigenvalue weighted by Gasteiger charge is -2.17. The van der Waals surface area contributed by atoms with E-state index in [2.05, 4.69) is 10.6 Å². The van der Waals surface area contributed by atoms with Gasteiger partial charge in [0.2, 0.25) is 12.7 Å². The predicted octanol–water partition coefficient (Wildman–Crippen LogP) is 5.45. The molecule has 0 bridgehead atoms. The third kappa shape index (κ3) is 3.79. The van der Waals surface area contributed by atoms with Gasteiger partial charge in [-0.1, -0.05) is 24.3 Å². The number of anilines is 1. The van der Waals surface area contributed by atoms with Crippen LogP contribution >= 0.6 is 0 Å². The van der Waals surface area contributed by atoms with E-state index in [1.165, 1.54) is 0 Å². The molecule has 0 unspecified atom stereocenters. The van der Waals surface area contributed by atoms with Crippen LogP contribution in [0.15, 0.2) is 60.7 Å². The number of hydrogen-bond donors (Lipinski definition) is 2. The summed E-state index contributed by atoms with van der Waals surface area (Å²) in [7, 11) is 0. The monoisotopic (exact) mass is 458 g/mol. The van der Waals surface area contributed by atoms with E-state index in [0.717, 1.165) is 59.4 Å². The lowest BCUT2D eigenvalue weighted by atomic mass is 9.94. The zero-order valence-corrected chi connectivity index (χ0v) is 19.0. The number of nitrogens with one attached hydrogen (secondary N) is 2. The van der Waals surface area contributed by atoms with Crippen molar-refractivity contribution in [1.82, 2.24) is 5.32 Å². The quantitative estimate of drug-likeness (QED) is 0.515. The third-order valence-corrected chi connectivity index (χ3v) is 6.98. The minimum Gasteiger partial charge on any atom is -0.454 e. The Bertz CT molecular complexity index is 1300. The van der Waals surface area contributed by atoms with Crippen LogP contribution < -0.4 is 20.1 Å². The summed E-state index contributed by atoms with van der Waals surface area (Å²) < 4.78 is 10.9. The van der Waals surface area contributed by atoms with Crippen molar-refractivity contribution in [1.29, 1.82) is 0 Å². The lowest BCUT2D eigenvalue weighted by Crippen LogP contribution is -2.27. The molecule has 2 amide bonds. The fraction of sp³-hybridized carbons (Fsp3) is 0.286. The Morgan fingerprint density at radius 3 is 2.44 bits per heavy atom. The topological polar surface area (TPSA) is 76.7 Å². The molecule has 2 saturated carbocycles. The maximum atomic E-state index is 13.3. The van der Waals surface area contributed by atoms with Crippen LogP contribution in [0.5, 0.6) is 11.5 Å². The minimum absolute atomic E-state index is 0. The van der Waals surface area contributed by atoms with E-state index in [1.807, 2.05) is 67.6 Å². The van der Waals surface area contributed by atoms with Crippen molar-refractivity contribution in [3.05, 3.63) is 77.4 Å². The zero-order chi connectivity index (χ0) is 23.3. The molecule has 2 aliphatic carbocycles. The fourth-order valence-electron chi connectivity index (χ4n) is 4.53. The van der Waals surface area contributed by atoms with Crippen molar-refractivity contribution in [2.24, 2.45) is 0 Å². The van der Waals surface area contributed by atoms with Crippen LogP contribution in [0.25, 0.3) is 11.1 Å². The number of carbonyl (C=O) groups excluding carboxylic acids is 2. The van der Waals surface area contributed by atoms with Crippen molar-refractivity contribution in [3.8, 4) is 22.6 Å². The standard InChI is InChI=1S/C28H26N2O4.2H2/c1-17-2-8-22(15-23(17)18-3-5-19(6-4-18)26(31)29-21-9-10-21)30-27(32)28(12-13-28)20-7-11-24-25(14-20)34-16-33-24;;/h2-8,11,14-15,21H,9-10,12-13,16H2,1H3,(H,29,31)(H,30,32);2*1H. The van der Waals surface area contributed by atoms with Crippen molar-refractivity contribution >= 4 is 17.5 Å². The normalized spacial score (nSPS) is 17.2.